The molecule has 0 spiro atoms. The summed E-state index contributed by atoms with van der Waals surface area (Å²) in [5.41, 5.74) is 44.3. The Kier molecular flexibility index (Phi) is 15.7. The first-order chi connectivity index (χ1) is 54.9. The molecule has 0 radical (unpaired) electrons. The van der Waals surface area contributed by atoms with E-state index in [0.717, 1.165) is 220 Å². The van der Waals surface area contributed by atoms with Crippen LogP contribution < -0.4 is 5.73 Å². The van der Waals surface area contributed by atoms with E-state index in [2.05, 4.69) is 218 Å². The molecule has 548 valence electrons. The fraction of sp³-hybridized carbons (Fsp3) is 0.233. The van der Waals surface area contributed by atoms with E-state index in [1.807, 2.05) is 31.3 Å². The molecule has 8 aromatic carbocycles. The van der Waals surface area contributed by atoms with Crippen molar-refractivity contribution in [1.82, 2.24) is 102 Å². The minimum Gasteiger partial charge on any atom is -0.382 e. The number of aromatic amines is 8. The normalized spacial score (nSPS) is 14.1. The average molecular weight is 1470 g/mol. The molecule has 0 atom stereocenters. The van der Waals surface area contributed by atoms with Gasteiger partial charge in [-0.3, -0.25) is 40.8 Å². The Labute approximate surface area is 640 Å². The molecule has 10 N–H and O–H groups in total. The van der Waals surface area contributed by atoms with E-state index in [0.29, 0.717) is 11.5 Å². The lowest BCUT2D eigenvalue weighted by Gasteiger charge is -2.22. The third kappa shape index (κ3) is 10.8. The lowest BCUT2D eigenvalue weighted by molar-refractivity contribution is 0.689. The Morgan fingerprint density at radius 2 is 0.607 bits per heavy atom. The van der Waals surface area contributed by atoms with E-state index < -0.39 is 0 Å². The molecule has 0 amide bonds. The summed E-state index contributed by atoms with van der Waals surface area (Å²) in [5.74, 6) is 0.554. The van der Waals surface area contributed by atoms with Crippen LogP contribution in [0.25, 0.3) is 176 Å². The maximum absolute atomic E-state index is 9.57. The van der Waals surface area contributed by atoms with E-state index in [1.165, 1.54) is 132 Å². The predicted octanol–water partition coefficient (Wildman–Crippen LogP) is 19.1. The summed E-state index contributed by atoms with van der Waals surface area (Å²) in [6, 6.07) is 44.5. The number of hydrogen-bond acceptors (Lipinski definition) is 14. The Hall–Kier alpha value is -13.6. The summed E-state index contributed by atoms with van der Waals surface area (Å²) in [6.07, 6.45) is 20.1. The quantitative estimate of drug-likeness (QED) is 0.0791. The largest absolute Gasteiger partial charge is 0.382 e. The standard InChI is InChI=1S/C23H18N6.C23H21N5.C22H20N6.C22H19N5/c1-12-16-10-13(6-7-17(16)27-26-12)23-15-5-3-2-4-14(15)21-18(25-23)8-9-19-22(21)20(11-24)29-28-19;1-12-17-11-14(7-8-18(17)27-25-12)23-16-6-4-3-5-15(16)22-19(24-23)9-10-20-21(22)13(2)26-28-20;1-11-15-10-12(6-7-16(15)26-25-11)21-14-5-3-2-4-13(14)19-17(24-21)8-9-18-20(19)22(23)28-27-18;1-12-16-10-13(6-7-18(16)27-25-12)22-15-5-3-2-4-14(15)21-17-11-23-26-19(17)8-9-20(21)24-22/h6-10H,2-5H2,1H3,(H,26,27)(H,28,29);7-11H,3-6H2,1-2H3,(H,25,27)(H,26,28);6-10H,2-5H2,1H3,(H,25,26)(H3,23,27,28);6-11H,2-5H2,1H3,(H,23,26)(H,25,27). The Morgan fingerprint density at radius 1 is 0.286 bits per heavy atom. The van der Waals surface area contributed by atoms with Crippen molar-refractivity contribution in [2.24, 2.45) is 0 Å². The molecule has 0 saturated heterocycles. The highest BCUT2D eigenvalue weighted by atomic mass is 15.2. The highest BCUT2D eigenvalue weighted by Gasteiger charge is 2.29. The van der Waals surface area contributed by atoms with Gasteiger partial charge in [0.1, 0.15) is 6.07 Å². The number of aryl methyl sites for hydroxylation is 9. The minimum atomic E-state index is 0.448. The van der Waals surface area contributed by atoms with Crippen molar-refractivity contribution < 1.29 is 0 Å². The number of nitrogen functional groups attached to an aromatic ring is 1. The first-order valence-corrected chi connectivity index (χ1v) is 39.1. The fourth-order valence-corrected chi connectivity index (χ4v) is 18.8. The van der Waals surface area contributed by atoms with Gasteiger partial charge in [0.15, 0.2) is 11.5 Å². The molecule has 20 aromatic rings. The van der Waals surface area contributed by atoms with E-state index >= 15 is 0 Å². The molecule has 112 heavy (non-hydrogen) atoms. The first kappa shape index (κ1) is 66.6. The lowest BCUT2D eigenvalue weighted by Crippen LogP contribution is -2.08. The molecule has 0 unspecified atom stereocenters. The van der Waals surface area contributed by atoms with Crippen LogP contribution in [0.5, 0.6) is 0 Å². The highest BCUT2D eigenvalue weighted by Crippen LogP contribution is 2.45. The summed E-state index contributed by atoms with van der Waals surface area (Å²) in [7, 11) is 0. The molecular weight excluding hydrogens is 1390 g/mol. The second-order valence-corrected chi connectivity index (χ2v) is 30.9. The van der Waals surface area contributed by atoms with Crippen molar-refractivity contribution >= 4 is 137 Å². The van der Waals surface area contributed by atoms with Gasteiger partial charge in [0.05, 0.1) is 101 Å². The molecular formula is C90H78N22. The predicted molar refractivity (Wildman–Crippen MR) is 445 cm³/mol. The lowest BCUT2D eigenvalue weighted by atomic mass is 9.85. The van der Waals surface area contributed by atoms with Crippen LogP contribution in [0.3, 0.4) is 0 Å². The van der Waals surface area contributed by atoms with Gasteiger partial charge >= 0.3 is 0 Å². The number of nitrogens with zero attached hydrogens (tertiary/aromatic N) is 13. The second-order valence-electron chi connectivity index (χ2n) is 30.9. The zero-order chi connectivity index (χ0) is 75.1. The summed E-state index contributed by atoms with van der Waals surface area (Å²) in [4.78, 5) is 20.5. The number of aromatic nitrogens is 20. The zero-order valence-corrected chi connectivity index (χ0v) is 62.8. The molecule has 22 heteroatoms. The van der Waals surface area contributed by atoms with Crippen LogP contribution in [0.4, 0.5) is 5.82 Å². The molecule has 4 aliphatic rings. The molecule has 4 aliphatic carbocycles. The minimum absolute atomic E-state index is 0.448. The number of nitriles is 1. The maximum atomic E-state index is 9.57. The van der Waals surface area contributed by atoms with Crippen molar-refractivity contribution in [3.63, 3.8) is 0 Å². The Morgan fingerprint density at radius 3 is 1.04 bits per heavy atom. The molecule has 24 rings (SSSR count). The van der Waals surface area contributed by atoms with Crippen LogP contribution in [0, 0.1) is 45.9 Å². The van der Waals surface area contributed by atoms with E-state index in [9.17, 15) is 5.26 Å². The van der Waals surface area contributed by atoms with Gasteiger partial charge in [0.25, 0.3) is 0 Å². The number of anilines is 1. The van der Waals surface area contributed by atoms with Crippen LogP contribution >= 0.6 is 0 Å². The van der Waals surface area contributed by atoms with Crippen molar-refractivity contribution in [1.29, 1.82) is 5.26 Å². The molecule has 0 bridgehead atoms. The molecule has 0 fully saturated rings. The Bertz CT molecular complexity index is 7120. The van der Waals surface area contributed by atoms with Crippen LogP contribution in [0.2, 0.25) is 0 Å². The zero-order valence-electron chi connectivity index (χ0n) is 62.8. The number of pyridine rings is 4. The van der Waals surface area contributed by atoms with Gasteiger partial charge in [0.2, 0.25) is 0 Å². The maximum Gasteiger partial charge on any atom is 0.170 e. The topological polar surface area (TPSA) is 331 Å². The van der Waals surface area contributed by atoms with E-state index in [-0.39, 0.29) is 0 Å². The Balaban J connectivity index is 0.0000000943. The third-order valence-corrected chi connectivity index (χ3v) is 24.3. The van der Waals surface area contributed by atoms with E-state index in [1.54, 1.807) is 0 Å². The number of benzene rings is 8. The number of nitrogens with two attached hydrogens (primary N) is 1. The summed E-state index contributed by atoms with van der Waals surface area (Å²) in [6.45, 7) is 10.3. The third-order valence-electron chi connectivity index (χ3n) is 24.3. The summed E-state index contributed by atoms with van der Waals surface area (Å²) < 4.78 is 0. The summed E-state index contributed by atoms with van der Waals surface area (Å²) in [5, 5.41) is 82.6. The average Bonchev–Trinajstić information content (AvgIpc) is 1.40. The van der Waals surface area contributed by atoms with Gasteiger partial charge in [-0.25, -0.2) is 19.9 Å². The first-order valence-electron chi connectivity index (χ1n) is 39.1. The van der Waals surface area contributed by atoms with Crippen LogP contribution in [-0.2, 0) is 51.4 Å². The monoisotopic (exact) mass is 1470 g/mol. The number of fused-ring (bicyclic) bond motifs is 24. The van der Waals surface area contributed by atoms with Crippen LogP contribution in [0.1, 0.15) is 130 Å². The molecule has 12 heterocycles. The van der Waals surface area contributed by atoms with Crippen LogP contribution in [-0.4, -0.2) is 102 Å². The number of H-pyrrole nitrogens is 8. The van der Waals surface area contributed by atoms with Gasteiger partial charge < -0.3 is 5.73 Å². The van der Waals surface area contributed by atoms with E-state index in [4.69, 9.17) is 25.7 Å². The smallest absolute Gasteiger partial charge is 0.170 e. The second kappa shape index (κ2) is 26.4. The van der Waals surface area contributed by atoms with Crippen molar-refractivity contribution in [3.05, 3.63) is 206 Å². The van der Waals surface area contributed by atoms with Crippen molar-refractivity contribution in [3.8, 4) is 51.1 Å². The SMILES string of the molecule is Cc1[nH]nc2ccc(-c3nc4ccc5[nH]nc(C#N)c5c4c4c3CCCC4)cc12.Cc1[nH]nc2ccc(-c3nc4ccc5[nH]nc(N)c5c4c4c3CCCC4)cc12.Cc1[nH]nc2ccc(-c3nc4ccc5[nH]ncc5c4c4c3CCCC4)cc12.Cc1[nH]nc2ccc(-c3nc4ccc5n[nH]c(C)c5c4c4c3CCCC4)cc12. The van der Waals surface area contributed by atoms with Gasteiger partial charge in [-0.1, -0.05) is 24.3 Å². The molecule has 0 saturated carbocycles. The van der Waals surface area contributed by atoms with Crippen molar-refractivity contribution in [2.75, 3.05) is 5.73 Å². The summed E-state index contributed by atoms with van der Waals surface area (Å²) >= 11 is 0. The number of hydrogen-bond donors (Lipinski definition) is 9. The van der Waals surface area contributed by atoms with Gasteiger partial charge in [-0.2, -0.15) is 46.1 Å². The fourth-order valence-electron chi connectivity index (χ4n) is 18.8. The van der Waals surface area contributed by atoms with Crippen molar-refractivity contribution in [2.45, 2.75) is 137 Å². The molecule has 22 nitrogen and oxygen atoms in total. The molecule has 12 aromatic heterocycles. The van der Waals surface area contributed by atoms with Gasteiger partial charge in [-0.15, -0.1) is 0 Å². The van der Waals surface area contributed by atoms with Crippen LogP contribution in [0.15, 0.2) is 128 Å². The number of nitrogens with one attached hydrogen (secondary N) is 8. The number of rotatable bonds is 4. The van der Waals surface area contributed by atoms with Gasteiger partial charge in [-0.05, 0) is 279 Å². The molecule has 0 aliphatic heterocycles. The van der Waals surface area contributed by atoms with Gasteiger partial charge in [0, 0.05) is 110 Å². The highest BCUT2D eigenvalue weighted by molar-refractivity contribution is 6.14.